The third-order valence-corrected chi connectivity index (χ3v) is 4.20. The molecule has 1 heterocycles. The highest BCUT2D eigenvalue weighted by Gasteiger charge is 2.27. The Morgan fingerprint density at radius 2 is 2.17 bits per heavy atom. The number of amides is 1. The Balaban J connectivity index is 1.92. The first-order valence-corrected chi connectivity index (χ1v) is 8.12. The third-order valence-electron chi connectivity index (χ3n) is 4.20. The van der Waals surface area contributed by atoms with Crippen molar-refractivity contribution in [1.82, 2.24) is 10.3 Å². The molecule has 1 aliphatic carbocycles. The Morgan fingerprint density at radius 1 is 1.38 bits per heavy atom. The maximum atomic E-state index is 12.8. The first-order chi connectivity index (χ1) is 11.6. The van der Waals surface area contributed by atoms with Gasteiger partial charge in [0.25, 0.3) is 5.91 Å². The van der Waals surface area contributed by atoms with E-state index in [1.54, 1.807) is 13.0 Å². The average molecular weight is 324 g/mol. The highest BCUT2D eigenvalue weighted by atomic mass is 16.5. The van der Waals surface area contributed by atoms with Crippen LogP contribution in [0.2, 0.25) is 0 Å². The second-order valence-corrected chi connectivity index (χ2v) is 5.86. The summed E-state index contributed by atoms with van der Waals surface area (Å²) in [6, 6.07) is 7.55. The van der Waals surface area contributed by atoms with Crippen LogP contribution in [0.5, 0.6) is 0 Å². The maximum Gasteiger partial charge on any atom is 0.339 e. The normalized spacial score (nSPS) is 14.0. The zero-order chi connectivity index (χ0) is 17.1. The number of hydrogen-bond acceptors (Lipinski definition) is 4. The topological polar surface area (TPSA) is 68.3 Å². The van der Waals surface area contributed by atoms with E-state index in [0.29, 0.717) is 12.1 Å². The minimum atomic E-state index is -0.860. The molecule has 1 aromatic heterocycles. The SMILES string of the molecule is C=CCNC(=O)C(C)OC(=O)c1c2c(nc3ccccc13)CCC2. The molecular formula is C19H20N2O3. The number of fused-ring (bicyclic) bond motifs is 2. The molecule has 1 aromatic carbocycles. The van der Waals surface area contributed by atoms with Crippen LogP contribution in [0.1, 0.15) is 35.0 Å². The Morgan fingerprint density at radius 3 is 2.96 bits per heavy atom. The fourth-order valence-corrected chi connectivity index (χ4v) is 3.03. The fourth-order valence-electron chi connectivity index (χ4n) is 3.03. The fraction of sp³-hybridized carbons (Fsp3) is 0.316. The van der Waals surface area contributed by atoms with Gasteiger partial charge in [-0.05, 0) is 37.8 Å². The van der Waals surface area contributed by atoms with E-state index in [1.165, 1.54) is 0 Å². The number of pyridine rings is 1. The number of para-hydroxylation sites is 1. The number of rotatable bonds is 5. The number of ether oxygens (including phenoxy) is 1. The molecule has 1 aliphatic rings. The molecule has 2 aromatic rings. The van der Waals surface area contributed by atoms with Gasteiger partial charge in [0.05, 0.1) is 11.1 Å². The van der Waals surface area contributed by atoms with Gasteiger partial charge in [-0.1, -0.05) is 24.3 Å². The van der Waals surface area contributed by atoms with E-state index in [0.717, 1.165) is 41.4 Å². The summed E-state index contributed by atoms with van der Waals surface area (Å²) in [6.45, 7) is 5.46. The molecule has 0 aliphatic heterocycles. The van der Waals surface area contributed by atoms with E-state index in [-0.39, 0.29) is 5.91 Å². The second-order valence-electron chi connectivity index (χ2n) is 5.86. The van der Waals surface area contributed by atoms with Crippen molar-refractivity contribution < 1.29 is 14.3 Å². The summed E-state index contributed by atoms with van der Waals surface area (Å²) in [4.78, 5) is 29.3. The van der Waals surface area contributed by atoms with Crippen molar-refractivity contribution >= 4 is 22.8 Å². The van der Waals surface area contributed by atoms with Gasteiger partial charge in [-0.25, -0.2) is 4.79 Å². The van der Waals surface area contributed by atoms with Gasteiger partial charge in [0.2, 0.25) is 0 Å². The minimum absolute atomic E-state index is 0.335. The monoisotopic (exact) mass is 324 g/mol. The van der Waals surface area contributed by atoms with Crippen LogP contribution in [-0.4, -0.2) is 29.5 Å². The number of nitrogens with zero attached hydrogens (tertiary/aromatic N) is 1. The molecule has 1 atom stereocenters. The molecule has 1 N–H and O–H groups in total. The predicted octanol–water partition coefficient (Wildman–Crippen LogP) is 2.57. The molecule has 124 valence electrons. The first-order valence-electron chi connectivity index (χ1n) is 8.12. The first kappa shape index (κ1) is 16.2. The molecule has 3 rings (SSSR count). The van der Waals surface area contributed by atoms with Crippen LogP contribution in [0.4, 0.5) is 0 Å². The van der Waals surface area contributed by atoms with Gasteiger partial charge >= 0.3 is 5.97 Å². The standard InChI is InChI=1S/C19H20N2O3/c1-3-11-20-18(22)12(2)24-19(23)17-13-7-4-5-9-15(13)21-16-10-6-8-14(16)17/h3-5,7,9,12H,1,6,8,10-11H2,2H3,(H,20,22). The highest BCUT2D eigenvalue weighted by Crippen LogP contribution is 2.30. The van der Waals surface area contributed by atoms with Crippen LogP contribution in [0, 0.1) is 0 Å². The number of carbonyl (C=O) groups is 2. The van der Waals surface area contributed by atoms with Crippen molar-refractivity contribution in [2.45, 2.75) is 32.3 Å². The quantitative estimate of drug-likeness (QED) is 0.678. The third kappa shape index (κ3) is 3.02. The number of benzene rings is 1. The summed E-state index contributed by atoms with van der Waals surface area (Å²) in [5.74, 6) is -0.800. The van der Waals surface area contributed by atoms with Crippen molar-refractivity contribution in [2.24, 2.45) is 0 Å². The molecule has 1 unspecified atom stereocenters. The summed E-state index contributed by atoms with van der Waals surface area (Å²) < 4.78 is 5.42. The van der Waals surface area contributed by atoms with E-state index in [4.69, 9.17) is 4.74 Å². The smallest absolute Gasteiger partial charge is 0.339 e. The van der Waals surface area contributed by atoms with Crippen molar-refractivity contribution in [1.29, 1.82) is 0 Å². The van der Waals surface area contributed by atoms with Gasteiger partial charge in [-0.2, -0.15) is 0 Å². The zero-order valence-corrected chi connectivity index (χ0v) is 13.7. The van der Waals surface area contributed by atoms with E-state index in [9.17, 15) is 9.59 Å². The van der Waals surface area contributed by atoms with Gasteiger partial charge in [0.15, 0.2) is 6.10 Å². The molecule has 0 spiro atoms. The van der Waals surface area contributed by atoms with Crippen LogP contribution in [0.15, 0.2) is 36.9 Å². The number of nitrogens with one attached hydrogen (secondary N) is 1. The van der Waals surface area contributed by atoms with E-state index < -0.39 is 12.1 Å². The van der Waals surface area contributed by atoms with E-state index in [1.807, 2.05) is 24.3 Å². The highest BCUT2D eigenvalue weighted by molar-refractivity contribution is 6.05. The van der Waals surface area contributed by atoms with Gasteiger partial charge in [0, 0.05) is 17.6 Å². The molecule has 0 radical (unpaired) electrons. The Bertz CT molecular complexity index is 814. The van der Waals surface area contributed by atoms with E-state index >= 15 is 0 Å². The number of aromatic nitrogens is 1. The van der Waals surface area contributed by atoms with Gasteiger partial charge in [0.1, 0.15) is 0 Å². The van der Waals surface area contributed by atoms with Gasteiger partial charge in [-0.15, -0.1) is 6.58 Å². The van der Waals surface area contributed by atoms with Crippen molar-refractivity contribution in [2.75, 3.05) is 6.54 Å². The lowest BCUT2D eigenvalue weighted by Gasteiger charge is -2.16. The molecule has 0 saturated heterocycles. The number of esters is 1. The summed E-state index contributed by atoms with van der Waals surface area (Å²) in [7, 11) is 0. The lowest BCUT2D eigenvalue weighted by molar-refractivity contribution is -0.128. The van der Waals surface area contributed by atoms with Crippen LogP contribution < -0.4 is 5.32 Å². The van der Waals surface area contributed by atoms with Gasteiger partial charge < -0.3 is 10.1 Å². The maximum absolute atomic E-state index is 12.8. The molecule has 24 heavy (non-hydrogen) atoms. The summed E-state index contributed by atoms with van der Waals surface area (Å²) in [5, 5.41) is 3.41. The molecular weight excluding hydrogens is 304 g/mol. The molecule has 1 amide bonds. The Kier molecular flexibility index (Phi) is 4.60. The largest absolute Gasteiger partial charge is 0.449 e. The average Bonchev–Trinajstić information content (AvgIpc) is 3.04. The molecule has 5 nitrogen and oxygen atoms in total. The van der Waals surface area contributed by atoms with Crippen molar-refractivity contribution in [3.63, 3.8) is 0 Å². The van der Waals surface area contributed by atoms with Crippen molar-refractivity contribution in [3.05, 3.63) is 53.7 Å². The van der Waals surface area contributed by atoms with Crippen LogP contribution in [0.25, 0.3) is 10.9 Å². The van der Waals surface area contributed by atoms with Crippen molar-refractivity contribution in [3.8, 4) is 0 Å². The lowest BCUT2D eigenvalue weighted by atomic mass is 10.0. The van der Waals surface area contributed by atoms with Crippen LogP contribution in [0.3, 0.4) is 0 Å². The number of aryl methyl sites for hydroxylation is 1. The van der Waals surface area contributed by atoms with Crippen LogP contribution in [-0.2, 0) is 22.4 Å². The summed E-state index contributed by atoms with van der Waals surface area (Å²) in [6.07, 6.45) is 3.38. The Hall–Kier alpha value is -2.69. The number of carbonyl (C=O) groups excluding carboxylic acids is 2. The lowest BCUT2D eigenvalue weighted by Crippen LogP contribution is -2.36. The predicted molar refractivity (Wildman–Crippen MR) is 91.9 cm³/mol. The summed E-state index contributed by atoms with van der Waals surface area (Å²) >= 11 is 0. The summed E-state index contributed by atoms with van der Waals surface area (Å²) in [5.41, 5.74) is 3.26. The molecule has 0 saturated carbocycles. The van der Waals surface area contributed by atoms with Crippen LogP contribution >= 0.6 is 0 Å². The second kappa shape index (κ2) is 6.83. The molecule has 5 heteroatoms. The zero-order valence-electron chi connectivity index (χ0n) is 13.7. The number of hydrogen-bond donors (Lipinski definition) is 1. The van der Waals surface area contributed by atoms with Gasteiger partial charge in [-0.3, -0.25) is 9.78 Å². The molecule has 0 bridgehead atoms. The van der Waals surface area contributed by atoms with E-state index in [2.05, 4.69) is 16.9 Å². The molecule has 0 fully saturated rings. The Labute approximate surface area is 140 Å². The minimum Gasteiger partial charge on any atom is -0.449 e.